The second-order valence-electron chi connectivity index (χ2n) is 6.82. The maximum atomic E-state index is 4.71. The van der Waals surface area contributed by atoms with Gasteiger partial charge in [0.15, 0.2) is 5.16 Å². The highest BCUT2D eigenvalue weighted by atomic mass is 32.2. The molecule has 0 atom stereocenters. The zero-order valence-electron chi connectivity index (χ0n) is 14.8. The molecule has 1 fully saturated rings. The van der Waals surface area contributed by atoms with E-state index in [9.17, 15) is 0 Å². The molecule has 0 unspecified atom stereocenters. The Bertz CT molecular complexity index is 730. The van der Waals surface area contributed by atoms with E-state index in [1.165, 1.54) is 41.9 Å². The summed E-state index contributed by atoms with van der Waals surface area (Å²) in [4.78, 5) is 18.8. The molecule has 0 aromatic carbocycles. The maximum Gasteiger partial charge on any atom is 0.187 e. The van der Waals surface area contributed by atoms with Crippen molar-refractivity contribution in [2.75, 3.05) is 30.8 Å². The Kier molecular flexibility index (Phi) is 5.17. The monoisotopic (exact) mass is 355 g/mol. The first-order valence-corrected chi connectivity index (χ1v) is 10.4. The number of piperidine rings is 1. The molecule has 1 saturated heterocycles. The van der Waals surface area contributed by atoms with Gasteiger partial charge < -0.3 is 4.90 Å². The average molecular weight is 356 g/mol. The molecule has 0 saturated carbocycles. The first-order valence-electron chi connectivity index (χ1n) is 9.13. The fraction of sp³-hybridized carbons (Fsp3) is 0.526. The molecule has 2 aromatic heterocycles. The van der Waals surface area contributed by atoms with E-state index >= 15 is 0 Å². The molecule has 4 heterocycles. The van der Waals surface area contributed by atoms with Crippen LogP contribution in [-0.4, -0.2) is 45.7 Å². The number of anilines is 1. The fourth-order valence-electron chi connectivity index (χ4n) is 3.77. The number of fused-ring (bicyclic) bond motifs is 1. The number of nitrogens with zero attached hydrogens (tertiary/aromatic N) is 5. The van der Waals surface area contributed by atoms with Gasteiger partial charge in [0, 0.05) is 62.7 Å². The zero-order chi connectivity index (χ0) is 17.1. The number of rotatable bonds is 4. The highest BCUT2D eigenvalue weighted by Crippen LogP contribution is 2.25. The Morgan fingerprint density at radius 1 is 1.12 bits per heavy atom. The SMILES string of the molecule is CSc1ncc2c(n1)CCN(Cc1cccnc1N1CCCCC1)C2. The molecule has 25 heavy (non-hydrogen) atoms. The second-order valence-corrected chi connectivity index (χ2v) is 7.60. The van der Waals surface area contributed by atoms with Crippen molar-refractivity contribution in [1.29, 1.82) is 0 Å². The molecule has 0 bridgehead atoms. The van der Waals surface area contributed by atoms with Crippen molar-refractivity contribution in [2.24, 2.45) is 0 Å². The van der Waals surface area contributed by atoms with Crippen LogP contribution in [-0.2, 0) is 19.5 Å². The Balaban J connectivity index is 1.49. The summed E-state index contributed by atoms with van der Waals surface area (Å²) in [6.45, 7) is 5.20. The third-order valence-electron chi connectivity index (χ3n) is 5.09. The van der Waals surface area contributed by atoms with Crippen molar-refractivity contribution in [3.8, 4) is 0 Å². The van der Waals surface area contributed by atoms with Gasteiger partial charge in [-0.05, 0) is 31.6 Å². The number of thioether (sulfide) groups is 1. The minimum Gasteiger partial charge on any atom is -0.356 e. The van der Waals surface area contributed by atoms with E-state index < -0.39 is 0 Å². The van der Waals surface area contributed by atoms with Crippen LogP contribution in [0.2, 0.25) is 0 Å². The summed E-state index contributed by atoms with van der Waals surface area (Å²) in [6.07, 6.45) is 10.9. The molecule has 0 radical (unpaired) electrons. The Hall–Kier alpha value is -1.66. The van der Waals surface area contributed by atoms with Crippen molar-refractivity contribution in [2.45, 2.75) is 43.9 Å². The number of pyridine rings is 1. The van der Waals surface area contributed by atoms with E-state index in [0.717, 1.165) is 44.3 Å². The lowest BCUT2D eigenvalue weighted by molar-refractivity contribution is 0.242. The van der Waals surface area contributed by atoms with Crippen LogP contribution < -0.4 is 4.90 Å². The van der Waals surface area contributed by atoms with E-state index in [-0.39, 0.29) is 0 Å². The van der Waals surface area contributed by atoms with Crippen molar-refractivity contribution < 1.29 is 0 Å². The normalized spacial score (nSPS) is 18.2. The molecule has 2 aliphatic heterocycles. The summed E-state index contributed by atoms with van der Waals surface area (Å²) in [5.41, 5.74) is 3.83. The van der Waals surface area contributed by atoms with Gasteiger partial charge >= 0.3 is 0 Å². The summed E-state index contributed by atoms with van der Waals surface area (Å²) < 4.78 is 0. The van der Waals surface area contributed by atoms with Gasteiger partial charge in [-0.15, -0.1) is 0 Å². The quantitative estimate of drug-likeness (QED) is 0.620. The molecular weight excluding hydrogens is 330 g/mol. The predicted octanol–water partition coefficient (Wildman–Crippen LogP) is 3.14. The minimum absolute atomic E-state index is 0.881. The third kappa shape index (κ3) is 3.80. The molecule has 2 aliphatic rings. The smallest absolute Gasteiger partial charge is 0.187 e. The van der Waals surface area contributed by atoms with Crippen molar-refractivity contribution >= 4 is 17.6 Å². The molecule has 132 valence electrons. The summed E-state index contributed by atoms with van der Waals surface area (Å²) in [5.74, 6) is 1.18. The molecule has 0 N–H and O–H groups in total. The van der Waals surface area contributed by atoms with Crippen molar-refractivity contribution in [3.05, 3.63) is 41.3 Å². The van der Waals surface area contributed by atoms with Crippen LogP contribution in [0.3, 0.4) is 0 Å². The number of aromatic nitrogens is 3. The van der Waals surface area contributed by atoms with Gasteiger partial charge in [-0.3, -0.25) is 4.90 Å². The van der Waals surface area contributed by atoms with E-state index in [2.05, 4.69) is 31.9 Å². The fourth-order valence-corrected chi connectivity index (χ4v) is 4.13. The summed E-state index contributed by atoms with van der Waals surface area (Å²) in [7, 11) is 0. The summed E-state index contributed by atoms with van der Waals surface area (Å²) >= 11 is 1.61. The molecule has 0 amide bonds. The van der Waals surface area contributed by atoms with Crippen LogP contribution in [0.1, 0.15) is 36.1 Å². The molecule has 4 rings (SSSR count). The van der Waals surface area contributed by atoms with Crippen LogP contribution in [0.5, 0.6) is 0 Å². The summed E-state index contributed by atoms with van der Waals surface area (Å²) in [5, 5.41) is 0.881. The lowest BCUT2D eigenvalue weighted by Gasteiger charge is -2.32. The summed E-state index contributed by atoms with van der Waals surface area (Å²) in [6, 6.07) is 4.30. The van der Waals surface area contributed by atoms with E-state index in [1.54, 1.807) is 11.8 Å². The standard InChI is InChI=1S/C19H25N5S/c1-25-19-21-12-16-14-23(11-7-17(16)22-19)13-15-6-5-8-20-18(15)24-9-3-2-4-10-24/h5-6,8,12H,2-4,7,9-11,13-14H2,1H3. The van der Waals surface area contributed by atoms with Crippen LogP contribution in [0.4, 0.5) is 5.82 Å². The maximum absolute atomic E-state index is 4.71. The van der Waals surface area contributed by atoms with Gasteiger partial charge in [-0.1, -0.05) is 17.8 Å². The van der Waals surface area contributed by atoms with Gasteiger partial charge in [0.05, 0.1) is 5.69 Å². The number of hydrogen-bond acceptors (Lipinski definition) is 6. The average Bonchev–Trinajstić information content (AvgIpc) is 2.68. The van der Waals surface area contributed by atoms with Crippen LogP contribution >= 0.6 is 11.8 Å². The Morgan fingerprint density at radius 3 is 2.84 bits per heavy atom. The van der Waals surface area contributed by atoms with Crippen LogP contribution in [0, 0.1) is 0 Å². The Labute approximate surface area is 153 Å². The van der Waals surface area contributed by atoms with Crippen LogP contribution in [0.25, 0.3) is 0 Å². The van der Waals surface area contributed by atoms with E-state index in [4.69, 9.17) is 4.98 Å². The van der Waals surface area contributed by atoms with Gasteiger partial charge in [-0.2, -0.15) is 0 Å². The molecule has 0 aliphatic carbocycles. The van der Waals surface area contributed by atoms with Gasteiger partial charge in [0.1, 0.15) is 5.82 Å². The minimum atomic E-state index is 0.881. The van der Waals surface area contributed by atoms with Gasteiger partial charge in [0.2, 0.25) is 0 Å². The number of hydrogen-bond donors (Lipinski definition) is 0. The zero-order valence-corrected chi connectivity index (χ0v) is 15.6. The van der Waals surface area contributed by atoms with Crippen molar-refractivity contribution in [1.82, 2.24) is 19.9 Å². The van der Waals surface area contributed by atoms with E-state index in [0.29, 0.717) is 0 Å². The first kappa shape index (κ1) is 16.8. The Morgan fingerprint density at radius 2 is 2.00 bits per heavy atom. The van der Waals surface area contributed by atoms with Gasteiger partial charge in [0.25, 0.3) is 0 Å². The molecule has 6 heteroatoms. The largest absolute Gasteiger partial charge is 0.356 e. The van der Waals surface area contributed by atoms with Gasteiger partial charge in [-0.25, -0.2) is 15.0 Å². The molecule has 0 spiro atoms. The first-order chi connectivity index (χ1) is 12.3. The topological polar surface area (TPSA) is 45.2 Å². The highest BCUT2D eigenvalue weighted by Gasteiger charge is 2.21. The van der Waals surface area contributed by atoms with E-state index in [1.807, 2.05) is 18.6 Å². The van der Waals surface area contributed by atoms with Crippen molar-refractivity contribution in [3.63, 3.8) is 0 Å². The molecule has 5 nitrogen and oxygen atoms in total. The molecule has 2 aromatic rings. The predicted molar refractivity (Wildman–Crippen MR) is 102 cm³/mol. The second kappa shape index (κ2) is 7.70. The lowest BCUT2D eigenvalue weighted by atomic mass is 10.1. The van der Waals surface area contributed by atoms with Crippen LogP contribution in [0.15, 0.2) is 29.7 Å². The lowest BCUT2D eigenvalue weighted by Crippen LogP contribution is -2.34. The highest BCUT2D eigenvalue weighted by molar-refractivity contribution is 7.98. The third-order valence-corrected chi connectivity index (χ3v) is 5.65. The molecular formula is C19H25N5S.